The molecule has 1 saturated heterocycles. The first kappa shape index (κ1) is 20.5. The monoisotopic (exact) mass is 425 g/mol. The second-order valence-electron chi connectivity index (χ2n) is 8.41. The Morgan fingerprint density at radius 1 is 0.969 bits per heavy atom. The lowest BCUT2D eigenvalue weighted by atomic mass is 9.95. The second-order valence-corrected chi connectivity index (χ2v) is 8.41. The van der Waals surface area contributed by atoms with Crippen LogP contribution in [0.25, 0.3) is 22.2 Å². The number of fused-ring (bicyclic) bond motifs is 1. The van der Waals surface area contributed by atoms with Crippen molar-refractivity contribution >= 4 is 22.7 Å². The van der Waals surface area contributed by atoms with E-state index in [1.165, 1.54) is 0 Å². The number of aromatic nitrogens is 1. The quantitative estimate of drug-likeness (QED) is 0.445. The molecule has 0 unspecified atom stereocenters. The van der Waals surface area contributed by atoms with Gasteiger partial charge in [-0.25, -0.2) is 4.98 Å². The van der Waals surface area contributed by atoms with Gasteiger partial charge in [0.1, 0.15) is 5.52 Å². The zero-order valence-corrected chi connectivity index (χ0v) is 18.2. The molecule has 1 aliphatic heterocycles. The summed E-state index contributed by atoms with van der Waals surface area (Å²) in [5.74, 6) is 1.14. The lowest BCUT2D eigenvalue weighted by Crippen LogP contribution is -2.45. The molecule has 0 saturated carbocycles. The molecule has 0 aliphatic carbocycles. The summed E-state index contributed by atoms with van der Waals surface area (Å²) in [4.78, 5) is 20.0. The Balaban J connectivity index is 1.23. The lowest BCUT2D eigenvalue weighted by molar-refractivity contribution is -0.121. The molecule has 0 bridgehead atoms. The number of carbonyl (C=O) groups excluding carboxylic acids is 1. The Morgan fingerprint density at radius 3 is 2.44 bits per heavy atom. The molecule has 5 nitrogen and oxygen atoms in total. The minimum absolute atomic E-state index is 0.0219. The van der Waals surface area contributed by atoms with Crippen LogP contribution in [0.2, 0.25) is 0 Å². The zero-order chi connectivity index (χ0) is 21.9. The van der Waals surface area contributed by atoms with Gasteiger partial charge in [-0.1, -0.05) is 60.7 Å². The molecule has 32 heavy (non-hydrogen) atoms. The molecule has 1 amide bonds. The number of nitrogens with one attached hydrogen (secondary N) is 1. The summed E-state index contributed by atoms with van der Waals surface area (Å²) in [5, 5.41) is 3.16. The molecule has 5 rings (SSSR count). The Morgan fingerprint density at radius 2 is 1.66 bits per heavy atom. The Bertz CT molecular complexity index is 1180. The van der Waals surface area contributed by atoms with Crippen molar-refractivity contribution in [3.63, 3.8) is 0 Å². The lowest BCUT2D eigenvalue weighted by Gasteiger charge is -2.34. The third kappa shape index (κ3) is 4.16. The van der Waals surface area contributed by atoms with Crippen LogP contribution < -0.4 is 5.32 Å². The molecule has 3 aromatic carbocycles. The van der Waals surface area contributed by atoms with Gasteiger partial charge in [0.15, 0.2) is 11.5 Å². The number of hydrogen-bond donors (Lipinski definition) is 1. The molecule has 4 aromatic rings. The molecule has 1 aliphatic rings. The van der Waals surface area contributed by atoms with Crippen LogP contribution in [0.1, 0.15) is 31.6 Å². The van der Waals surface area contributed by atoms with E-state index in [-0.39, 0.29) is 11.9 Å². The van der Waals surface area contributed by atoms with E-state index in [9.17, 15) is 4.79 Å². The number of amides is 1. The molecule has 2 heterocycles. The smallest absolute Gasteiger partial charge is 0.241 e. The van der Waals surface area contributed by atoms with Crippen LogP contribution in [0.5, 0.6) is 0 Å². The maximum absolute atomic E-state index is 13.1. The van der Waals surface area contributed by atoms with E-state index >= 15 is 0 Å². The summed E-state index contributed by atoms with van der Waals surface area (Å²) >= 11 is 0. The van der Waals surface area contributed by atoms with Crippen LogP contribution in [0.15, 0.2) is 83.3 Å². The number of rotatable bonds is 5. The van der Waals surface area contributed by atoms with Crippen molar-refractivity contribution in [2.45, 2.75) is 31.7 Å². The maximum Gasteiger partial charge on any atom is 0.241 e. The van der Waals surface area contributed by atoms with E-state index in [2.05, 4.69) is 27.3 Å². The minimum atomic E-state index is -0.205. The van der Waals surface area contributed by atoms with Gasteiger partial charge in [0, 0.05) is 17.2 Å². The van der Waals surface area contributed by atoms with E-state index in [0.29, 0.717) is 5.92 Å². The average Bonchev–Trinajstić information content (AvgIpc) is 3.29. The molecule has 1 atom stereocenters. The normalized spacial score (nSPS) is 16.2. The molecule has 0 radical (unpaired) electrons. The van der Waals surface area contributed by atoms with Crippen LogP contribution in [0.3, 0.4) is 0 Å². The largest absolute Gasteiger partial charge is 0.440 e. The van der Waals surface area contributed by atoms with Gasteiger partial charge in [0.25, 0.3) is 0 Å². The summed E-state index contributed by atoms with van der Waals surface area (Å²) in [5.41, 5.74) is 4.72. The number of piperidine rings is 1. The first-order valence-electron chi connectivity index (χ1n) is 11.2. The van der Waals surface area contributed by atoms with Crippen molar-refractivity contribution < 1.29 is 9.21 Å². The van der Waals surface area contributed by atoms with E-state index in [0.717, 1.165) is 59.7 Å². The van der Waals surface area contributed by atoms with Crippen LogP contribution in [-0.4, -0.2) is 34.9 Å². The number of carbonyl (C=O) groups is 1. The molecule has 1 fully saturated rings. The molecule has 5 heteroatoms. The SMILES string of the molecule is C[C@@H](C(=O)Nc1ccccc1-c1ccccc1)N1CCC(c2nc3ccccc3o2)CC1. The van der Waals surface area contributed by atoms with Gasteiger partial charge in [-0.2, -0.15) is 0 Å². The van der Waals surface area contributed by atoms with Crippen molar-refractivity contribution in [1.82, 2.24) is 9.88 Å². The molecular weight excluding hydrogens is 398 g/mol. The van der Waals surface area contributed by atoms with Gasteiger partial charge in [0.2, 0.25) is 5.91 Å². The minimum Gasteiger partial charge on any atom is -0.440 e. The van der Waals surface area contributed by atoms with Gasteiger partial charge < -0.3 is 9.73 Å². The van der Waals surface area contributed by atoms with E-state index in [1.54, 1.807) is 0 Å². The number of anilines is 1. The third-order valence-electron chi connectivity index (χ3n) is 6.39. The predicted molar refractivity (Wildman–Crippen MR) is 128 cm³/mol. The summed E-state index contributed by atoms with van der Waals surface area (Å²) in [7, 11) is 0. The Hall–Kier alpha value is -3.44. The van der Waals surface area contributed by atoms with Crippen LogP contribution in [-0.2, 0) is 4.79 Å². The molecular formula is C27H27N3O2. The highest BCUT2D eigenvalue weighted by Gasteiger charge is 2.29. The van der Waals surface area contributed by atoms with Crippen molar-refractivity contribution in [2.75, 3.05) is 18.4 Å². The van der Waals surface area contributed by atoms with Crippen LogP contribution >= 0.6 is 0 Å². The summed E-state index contributed by atoms with van der Waals surface area (Å²) in [6, 6.07) is 25.8. The first-order chi connectivity index (χ1) is 15.7. The number of nitrogens with zero attached hydrogens (tertiary/aromatic N) is 2. The first-order valence-corrected chi connectivity index (χ1v) is 11.2. The number of oxazole rings is 1. The second kappa shape index (κ2) is 8.97. The Kier molecular flexibility index (Phi) is 5.73. The number of para-hydroxylation sites is 3. The standard InChI is InChI=1S/C27H27N3O2/c1-19(26(31)28-23-12-6-5-11-22(23)20-9-3-2-4-10-20)30-17-15-21(16-18-30)27-29-24-13-7-8-14-25(24)32-27/h2-14,19,21H,15-18H2,1H3,(H,28,31)/t19-/m0/s1. The molecule has 162 valence electrons. The number of benzene rings is 3. The third-order valence-corrected chi connectivity index (χ3v) is 6.39. The fourth-order valence-electron chi connectivity index (χ4n) is 4.46. The van der Waals surface area contributed by atoms with Crippen molar-refractivity contribution in [2.24, 2.45) is 0 Å². The highest BCUT2D eigenvalue weighted by Crippen LogP contribution is 2.31. The predicted octanol–water partition coefficient (Wildman–Crippen LogP) is 5.70. The average molecular weight is 426 g/mol. The van der Waals surface area contributed by atoms with E-state index in [1.807, 2.05) is 73.7 Å². The number of likely N-dealkylation sites (tertiary alicyclic amines) is 1. The topological polar surface area (TPSA) is 58.4 Å². The molecule has 1 aromatic heterocycles. The van der Waals surface area contributed by atoms with E-state index < -0.39 is 0 Å². The van der Waals surface area contributed by atoms with Crippen molar-refractivity contribution in [3.8, 4) is 11.1 Å². The number of hydrogen-bond acceptors (Lipinski definition) is 4. The molecule has 0 spiro atoms. The summed E-state index contributed by atoms with van der Waals surface area (Å²) in [6.07, 6.45) is 1.87. The summed E-state index contributed by atoms with van der Waals surface area (Å²) < 4.78 is 5.98. The maximum atomic E-state index is 13.1. The summed E-state index contributed by atoms with van der Waals surface area (Å²) in [6.45, 7) is 3.68. The fraction of sp³-hybridized carbons (Fsp3) is 0.259. The van der Waals surface area contributed by atoms with Gasteiger partial charge in [-0.15, -0.1) is 0 Å². The zero-order valence-electron chi connectivity index (χ0n) is 18.2. The van der Waals surface area contributed by atoms with Gasteiger partial charge in [0.05, 0.1) is 6.04 Å². The van der Waals surface area contributed by atoms with Crippen LogP contribution in [0, 0.1) is 0 Å². The highest BCUT2D eigenvalue weighted by atomic mass is 16.3. The fourth-order valence-corrected chi connectivity index (χ4v) is 4.46. The van der Waals surface area contributed by atoms with Gasteiger partial charge >= 0.3 is 0 Å². The molecule has 1 N–H and O–H groups in total. The van der Waals surface area contributed by atoms with Crippen molar-refractivity contribution in [1.29, 1.82) is 0 Å². The Labute approximate surface area is 188 Å². The highest BCUT2D eigenvalue weighted by molar-refractivity contribution is 5.98. The van der Waals surface area contributed by atoms with E-state index in [4.69, 9.17) is 4.42 Å². The van der Waals surface area contributed by atoms with Gasteiger partial charge in [-0.05, 0) is 56.6 Å². The van der Waals surface area contributed by atoms with Gasteiger partial charge in [-0.3, -0.25) is 9.69 Å². The van der Waals surface area contributed by atoms with Crippen LogP contribution in [0.4, 0.5) is 5.69 Å². The van der Waals surface area contributed by atoms with Crippen molar-refractivity contribution in [3.05, 3.63) is 84.8 Å².